The van der Waals surface area contributed by atoms with Crippen molar-refractivity contribution < 1.29 is 9.59 Å². The first-order chi connectivity index (χ1) is 10.1. The highest BCUT2D eigenvalue weighted by Crippen LogP contribution is 2.28. The first kappa shape index (κ1) is 14.0. The number of hydrogen-bond acceptors (Lipinski definition) is 4. The van der Waals surface area contributed by atoms with Gasteiger partial charge in [0.25, 0.3) is 0 Å². The molecule has 0 aromatic heterocycles. The summed E-state index contributed by atoms with van der Waals surface area (Å²) in [7, 11) is 0. The van der Waals surface area contributed by atoms with Gasteiger partial charge in [-0.05, 0) is 56.6 Å². The van der Waals surface area contributed by atoms with Crippen LogP contribution in [0.25, 0.3) is 0 Å². The number of piperidine rings is 1. The van der Waals surface area contributed by atoms with Crippen LogP contribution in [0.2, 0.25) is 0 Å². The van der Waals surface area contributed by atoms with Crippen molar-refractivity contribution in [3.8, 4) is 0 Å². The monoisotopic (exact) mass is 284 g/mol. The van der Waals surface area contributed by atoms with E-state index in [4.69, 9.17) is 5.73 Å². The fourth-order valence-electron chi connectivity index (χ4n) is 3.20. The molecule has 110 valence electrons. The van der Waals surface area contributed by atoms with Crippen LogP contribution in [0.3, 0.4) is 0 Å². The lowest BCUT2D eigenvalue weighted by atomic mass is 9.87. The van der Waals surface area contributed by atoms with E-state index in [1.165, 1.54) is 12.5 Å². The Morgan fingerprint density at radius 3 is 2.57 bits per heavy atom. The number of nitrogen functional groups attached to an aromatic ring is 1. The normalized spacial score (nSPS) is 19.4. The minimum Gasteiger partial charge on any atom is -0.398 e. The number of likely N-dealkylation sites (tertiary alicyclic amines) is 1. The van der Waals surface area contributed by atoms with E-state index in [0.717, 1.165) is 31.5 Å². The van der Waals surface area contributed by atoms with Crippen molar-refractivity contribution in [1.29, 1.82) is 0 Å². The van der Waals surface area contributed by atoms with Gasteiger partial charge < -0.3 is 5.73 Å². The summed E-state index contributed by atoms with van der Waals surface area (Å²) >= 11 is 0. The molecule has 0 atom stereocenters. The van der Waals surface area contributed by atoms with Crippen molar-refractivity contribution >= 4 is 17.3 Å². The highest BCUT2D eigenvalue weighted by Gasteiger charge is 2.29. The second-order valence-electron chi connectivity index (χ2n) is 5.98. The Hall–Kier alpha value is -1.94. The molecule has 0 spiro atoms. The lowest BCUT2D eigenvalue weighted by Gasteiger charge is -2.28. The number of rotatable bonds is 2. The first-order valence-corrected chi connectivity index (χ1v) is 7.48. The maximum absolute atomic E-state index is 12.6. The maximum Gasteiger partial charge on any atom is 0.193 e. The Morgan fingerprint density at radius 2 is 1.86 bits per heavy atom. The van der Waals surface area contributed by atoms with Gasteiger partial charge in [0.1, 0.15) is 0 Å². The number of aryl methyl sites for hydroxylation is 1. The molecule has 1 aliphatic heterocycles. The Morgan fingerprint density at radius 1 is 1.14 bits per heavy atom. The van der Waals surface area contributed by atoms with Crippen LogP contribution in [0, 0.1) is 6.92 Å². The van der Waals surface area contributed by atoms with Gasteiger partial charge in [0.05, 0.1) is 5.56 Å². The smallest absolute Gasteiger partial charge is 0.193 e. The Kier molecular flexibility index (Phi) is 3.64. The van der Waals surface area contributed by atoms with Gasteiger partial charge in [-0.3, -0.25) is 14.5 Å². The summed E-state index contributed by atoms with van der Waals surface area (Å²) in [6.45, 7) is 4.42. The van der Waals surface area contributed by atoms with Crippen molar-refractivity contribution in [2.45, 2.75) is 26.2 Å². The summed E-state index contributed by atoms with van der Waals surface area (Å²) < 4.78 is 0. The van der Waals surface area contributed by atoms with Crippen molar-refractivity contribution in [2.24, 2.45) is 0 Å². The average Bonchev–Trinajstić information content (AvgIpc) is 2.45. The molecule has 1 fully saturated rings. The Labute approximate surface area is 124 Å². The molecule has 3 rings (SSSR count). The summed E-state index contributed by atoms with van der Waals surface area (Å²) in [6, 6.07) is 3.51. The standard InChI is InChI=1S/C17H20N2O2/c1-11-7-13-15(20)9-12(10-19-5-3-2-4-6-19)17(21)16(13)14(18)8-11/h7-9H,2-6,10,18H2,1H3. The van der Waals surface area contributed by atoms with E-state index >= 15 is 0 Å². The molecule has 0 saturated carbocycles. The summed E-state index contributed by atoms with van der Waals surface area (Å²) in [5.41, 5.74) is 8.70. The molecule has 21 heavy (non-hydrogen) atoms. The van der Waals surface area contributed by atoms with Crippen LogP contribution in [-0.2, 0) is 0 Å². The van der Waals surface area contributed by atoms with Gasteiger partial charge in [0.2, 0.25) is 0 Å². The number of nitrogens with zero attached hydrogens (tertiary/aromatic N) is 1. The third-order valence-electron chi connectivity index (χ3n) is 4.25. The SMILES string of the molecule is Cc1cc(N)c2c(c1)C(=O)C=C(CN1CCCCC1)C2=O. The number of Topliss-reactive ketones (excluding diaryl/α,β-unsaturated/α-hetero) is 1. The number of benzene rings is 1. The largest absolute Gasteiger partial charge is 0.398 e. The maximum atomic E-state index is 12.6. The van der Waals surface area contributed by atoms with E-state index < -0.39 is 0 Å². The summed E-state index contributed by atoms with van der Waals surface area (Å²) in [5.74, 6) is -0.195. The van der Waals surface area contributed by atoms with Crippen molar-refractivity contribution in [2.75, 3.05) is 25.4 Å². The number of nitrogens with two attached hydrogens (primary N) is 1. The van der Waals surface area contributed by atoms with Crippen LogP contribution >= 0.6 is 0 Å². The zero-order valence-electron chi connectivity index (χ0n) is 12.3. The molecule has 0 radical (unpaired) electrons. The number of carbonyl (C=O) groups excluding carboxylic acids is 2. The molecule has 2 aliphatic rings. The van der Waals surface area contributed by atoms with E-state index in [1.807, 2.05) is 6.92 Å². The van der Waals surface area contributed by atoms with Gasteiger partial charge in [-0.1, -0.05) is 6.42 Å². The molecule has 0 amide bonds. The molecule has 1 aromatic rings. The number of fused-ring (bicyclic) bond motifs is 1. The highest BCUT2D eigenvalue weighted by atomic mass is 16.1. The minimum absolute atomic E-state index is 0.0901. The Bertz CT molecular complexity index is 640. The minimum atomic E-state index is -0.105. The van der Waals surface area contributed by atoms with Crippen molar-refractivity contribution in [3.63, 3.8) is 0 Å². The van der Waals surface area contributed by atoms with Gasteiger partial charge in [-0.15, -0.1) is 0 Å². The summed E-state index contributed by atoms with van der Waals surface area (Å²) in [5, 5.41) is 0. The predicted octanol–water partition coefficient (Wildman–Crippen LogP) is 2.37. The molecule has 0 unspecified atom stereocenters. The molecular weight excluding hydrogens is 264 g/mol. The van der Waals surface area contributed by atoms with Crippen LogP contribution in [-0.4, -0.2) is 36.1 Å². The molecule has 2 N–H and O–H groups in total. The lowest BCUT2D eigenvalue weighted by molar-refractivity contribution is 0.0974. The molecule has 4 heteroatoms. The van der Waals surface area contributed by atoms with Gasteiger partial charge in [-0.2, -0.15) is 0 Å². The third kappa shape index (κ3) is 2.63. The quantitative estimate of drug-likeness (QED) is 0.847. The van der Waals surface area contributed by atoms with Gasteiger partial charge in [0.15, 0.2) is 11.6 Å². The number of anilines is 1. The van der Waals surface area contributed by atoms with Crippen molar-refractivity contribution in [1.82, 2.24) is 4.90 Å². The van der Waals surface area contributed by atoms with Crippen LogP contribution in [0.5, 0.6) is 0 Å². The van der Waals surface area contributed by atoms with Gasteiger partial charge >= 0.3 is 0 Å². The number of carbonyl (C=O) groups is 2. The molecule has 0 bridgehead atoms. The fraction of sp³-hybridized carbons (Fsp3) is 0.412. The van der Waals surface area contributed by atoms with Crippen LogP contribution in [0.1, 0.15) is 45.5 Å². The van der Waals surface area contributed by atoms with E-state index in [-0.39, 0.29) is 11.6 Å². The zero-order chi connectivity index (χ0) is 15.0. The molecule has 1 aliphatic carbocycles. The zero-order valence-corrected chi connectivity index (χ0v) is 12.3. The van der Waals surface area contributed by atoms with Crippen molar-refractivity contribution in [3.05, 3.63) is 40.5 Å². The number of allylic oxidation sites excluding steroid dienone is 1. The molecule has 1 saturated heterocycles. The fourth-order valence-corrected chi connectivity index (χ4v) is 3.20. The van der Waals surface area contributed by atoms with E-state index in [2.05, 4.69) is 4.90 Å². The van der Waals surface area contributed by atoms with E-state index in [9.17, 15) is 9.59 Å². The topological polar surface area (TPSA) is 63.4 Å². The second kappa shape index (κ2) is 5.45. The second-order valence-corrected chi connectivity index (χ2v) is 5.98. The van der Waals surface area contributed by atoms with Crippen LogP contribution in [0.15, 0.2) is 23.8 Å². The van der Waals surface area contributed by atoms with Gasteiger partial charge in [0, 0.05) is 23.4 Å². The molecule has 1 aromatic carbocycles. The lowest BCUT2D eigenvalue weighted by Crippen LogP contribution is -2.34. The number of hydrogen-bond donors (Lipinski definition) is 1. The summed E-state index contributed by atoms with van der Waals surface area (Å²) in [6.07, 6.45) is 5.07. The molecule has 4 nitrogen and oxygen atoms in total. The molecule has 1 heterocycles. The van der Waals surface area contributed by atoms with Gasteiger partial charge in [-0.25, -0.2) is 0 Å². The molecular formula is C17H20N2O2. The Balaban J connectivity index is 1.91. The van der Waals surface area contributed by atoms with Crippen LogP contribution < -0.4 is 5.73 Å². The average molecular weight is 284 g/mol. The van der Waals surface area contributed by atoms with E-state index in [1.54, 1.807) is 12.1 Å². The number of ketones is 2. The first-order valence-electron chi connectivity index (χ1n) is 7.48. The highest BCUT2D eigenvalue weighted by molar-refractivity contribution is 6.26. The van der Waals surface area contributed by atoms with E-state index in [0.29, 0.717) is 28.9 Å². The summed E-state index contributed by atoms with van der Waals surface area (Å²) in [4.78, 5) is 27.2. The third-order valence-corrected chi connectivity index (χ3v) is 4.25. The van der Waals surface area contributed by atoms with Crippen LogP contribution in [0.4, 0.5) is 5.69 Å². The predicted molar refractivity (Wildman–Crippen MR) is 82.6 cm³/mol.